The molecule has 0 amide bonds. The summed E-state index contributed by atoms with van der Waals surface area (Å²) in [5, 5.41) is 10.8. The van der Waals surface area contributed by atoms with E-state index in [1.54, 1.807) is 0 Å². The Morgan fingerprint density at radius 1 is 1.24 bits per heavy atom. The van der Waals surface area contributed by atoms with Gasteiger partial charge in [-0.25, -0.2) is 4.39 Å². The third-order valence-electron chi connectivity index (χ3n) is 4.72. The molecule has 1 N–H and O–H groups in total. The van der Waals surface area contributed by atoms with E-state index >= 15 is 0 Å². The minimum absolute atomic E-state index is 0.0437. The molecule has 0 spiro atoms. The Labute approximate surface area is 107 Å². The smallest absolute Gasteiger partial charge is 0.123 e. The van der Waals surface area contributed by atoms with Crippen molar-refractivity contribution in [1.82, 2.24) is 0 Å². The van der Waals surface area contributed by atoms with Gasteiger partial charge in [0.1, 0.15) is 5.82 Å². The topological polar surface area (TPSA) is 20.2 Å². The molecule has 0 bridgehead atoms. The van der Waals surface area contributed by atoms with Gasteiger partial charge in [0, 0.05) is 16.5 Å². The van der Waals surface area contributed by atoms with Gasteiger partial charge >= 0.3 is 0 Å². The summed E-state index contributed by atoms with van der Waals surface area (Å²) in [4.78, 5) is 0. The maximum atomic E-state index is 13.2. The van der Waals surface area contributed by atoms with Crippen LogP contribution < -0.4 is 0 Å². The molecular weight excluding hydrogens is 239 g/mol. The van der Waals surface area contributed by atoms with Gasteiger partial charge in [-0.3, -0.25) is 0 Å². The van der Waals surface area contributed by atoms with Crippen LogP contribution in [0.25, 0.3) is 0 Å². The van der Waals surface area contributed by atoms with Crippen LogP contribution in [0.3, 0.4) is 0 Å². The Balaban J connectivity index is 2.34. The molecule has 17 heavy (non-hydrogen) atoms. The van der Waals surface area contributed by atoms with Crippen LogP contribution in [0.15, 0.2) is 18.2 Å². The lowest BCUT2D eigenvalue weighted by Gasteiger charge is -2.15. The van der Waals surface area contributed by atoms with Crippen molar-refractivity contribution in [2.75, 3.05) is 0 Å². The van der Waals surface area contributed by atoms with Gasteiger partial charge in [0.15, 0.2) is 0 Å². The molecule has 1 saturated carbocycles. The summed E-state index contributed by atoms with van der Waals surface area (Å²) in [7, 11) is 0. The molecule has 1 nitrogen and oxygen atoms in total. The highest BCUT2D eigenvalue weighted by molar-refractivity contribution is 6.31. The van der Waals surface area contributed by atoms with Crippen LogP contribution in [0.1, 0.15) is 39.4 Å². The molecule has 3 heteroatoms. The Bertz CT molecular complexity index is 440. The summed E-state index contributed by atoms with van der Waals surface area (Å²) < 4.78 is 13.2. The van der Waals surface area contributed by atoms with Gasteiger partial charge in [-0.1, -0.05) is 39.3 Å². The second-order valence-corrected chi connectivity index (χ2v) is 6.44. The molecule has 0 aliphatic heterocycles. The highest BCUT2D eigenvalue weighted by atomic mass is 35.5. The van der Waals surface area contributed by atoms with E-state index in [1.807, 2.05) is 0 Å². The fraction of sp³-hybridized carbons (Fsp3) is 0.571. The van der Waals surface area contributed by atoms with Crippen molar-refractivity contribution in [1.29, 1.82) is 0 Å². The lowest BCUT2D eigenvalue weighted by molar-refractivity contribution is 0.130. The van der Waals surface area contributed by atoms with E-state index in [0.29, 0.717) is 10.6 Å². The van der Waals surface area contributed by atoms with Crippen molar-refractivity contribution in [3.8, 4) is 0 Å². The van der Waals surface area contributed by atoms with E-state index in [4.69, 9.17) is 11.6 Å². The quantitative estimate of drug-likeness (QED) is 0.841. The minimum atomic E-state index is -0.705. The van der Waals surface area contributed by atoms with Crippen molar-refractivity contribution in [2.45, 2.75) is 33.8 Å². The van der Waals surface area contributed by atoms with Crippen molar-refractivity contribution in [3.05, 3.63) is 34.6 Å². The average molecular weight is 257 g/mol. The van der Waals surface area contributed by atoms with Crippen molar-refractivity contribution < 1.29 is 9.50 Å². The average Bonchev–Trinajstić information content (AvgIpc) is 2.61. The predicted octanol–water partition coefficient (Wildman–Crippen LogP) is 4.19. The first-order chi connectivity index (χ1) is 7.69. The molecule has 1 aliphatic rings. The third kappa shape index (κ3) is 1.78. The van der Waals surface area contributed by atoms with E-state index in [9.17, 15) is 9.50 Å². The van der Waals surface area contributed by atoms with Gasteiger partial charge in [-0.2, -0.15) is 0 Å². The molecule has 0 heterocycles. The van der Waals surface area contributed by atoms with Crippen molar-refractivity contribution >= 4 is 11.6 Å². The number of benzene rings is 1. The van der Waals surface area contributed by atoms with Gasteiger partial charge in [0.25, 0.3) is 0 Å². The highest BCUT2D eigenvalue weighted by Gasteiger charge is 2.67. The van der Waals surface area contributed by atoms with Gasteiger partial charge in [-0.05, 0) is 29.0 Å². The lowest BCUT2D eigenvalue weighted by Crippen LogP contribution is -2.06. The summed E-state index contributed by atoms with van der Waals surface area (Å²) in [6, 6.07) is 4.14. The highest BCUT2D eigenvalue weighted by Crippen LogP contribution is 2.72. The molecule has 0 saturated heterocycles. The SMILES string of the molecule is CC1(C)C(C(O)c2cc(F)ccc2Cl)C1(C)C. The molecule has 1 aliphatic carbocycles. The number of rotatable bonds is 2. The number of aliphatic hydroxyl groups is 1. The van der Waals surface area contributed by atoms with E-state index < -0.39 is 6.10 Å². The number of hydrogen-bond donors (Lipinski definition) is 1. The summed E-state index contributed by atoms with van der Waals surface area (Å²) in [6.45, 7) is 8.48. The molecule has 94 valence electrons. The zero-order valence-electron chi connectivity index (χ0n) is 10.6. The zero-order chi connectivity index (χ0) is 13.0. The van der Waals surface area contributed by atoms with Crippen LogP contribution in [0.5, 0.6) is 0 Å². The van der Waals surface area contributed by atoms with Gasteiger partial charge in [0.2, 0.25) is 0 Å². The molecular formula is C14H18ClFO. The van der Waals surface area contributed by atoms with Crippen LogP contribution in [-0.4, -0.2) is 5.11 Å². The Morgan fingerprint density at radius 3 is 2.24 bits per heavy atom. The van der Waals surface area contributed by atoms with Gasteiger partial charge in [-0.15, -0.1) is 0 Å². The monoisotopic (exact) mass is 256 g/mol. The Hall–Kier alpha value is -0.600. The molecule has 1 aromatic rings. The van der Waals surface area contributed by atoms with Crippen molar-refractivity contribution in [3.63, 3.8) is 0 Å². The van der Waals surface area contributed by atoms with Gasteiger partial charge < -0.3 is 5.11 Å². The van der Waals surface area contributed by atoms with Crippen LogP contribution in [-0.2, 0) is 0 Å². The number of hydrogen-bond acceptors (Lipinski definition) is 1. The predicted molar refractivity (Wildman–Crippen MR) is 67.4 cm³/mol. The second-order valence-electron chi connectivity index (χ2n) is 6.03. The van der Waals surface area contributed by atoms with E-state index in [2.05, 4.69) is 27.7 Å². The largest absolute Gasteiger partial charge is 0.388 e. The third-order valence-corrected chi connectivity index (χ3v) is 5.07. The molecule has 1 atom stereocenters. The molecule has 0 radical (unpaired) electrons. The second kappa shape index (κ2) is 3.69. The first-order valence-corrected chi connectivity index (χ1v) is 6.20. The Kier molecular flexibility index (Phi) is 2.79. The number of halogens is 2. The van der Waals surface area contributed by atoms with E-state index in [0.717, 1.165) is 0 Å². The summed E-state index contributed by atoms with van der Waals surface area (Å²) in [5.41, 5.74) is 0.583. The molecule has 1 aromatic carbocycles. The zero-order valence-corrected chi connectivity index (χ0v) is 11.3. The lowest BCUT2D eigenvalue weighted by atomic mass is 9.99. The maximum Gasteiger partial charge on any atom is 0.123 e. The molecule has 2 rings (SSSR count). The molecule has 1 unspecified atom stereocenters. The van der Waals surface area contributed by atoms with E-state index in [1.165, 1.54) is 18.2 Å². The first kappa shape index (κ1) is 12.8. The van der Waals surface area contributed by atoms with Crippen LogP contribution in [0.4, 0.5) is 4.39 Å². The standard InChI is InChI=1S/C14H18ClFO/c1-13(2)12(14(13,3)4)11(17)9-7-8(16)5-6-10(9)15/h5-7,11-12,17H,1-4H3. The molecule has 1 fully saturated rings. The fourth-order valence-corrected chi connectivity index (χ4v) is 3.19. The van der Waals surface area contributed by atoms with Crippen LogP contribution in [0.2, 0.25) is 5.02 Å². The molecule has 0 aromatic heterocycles. The van der Waals surface area contributed by atoms with Crippen LogP contribution in [0, 0.1) is 22.6 Å². The summed E-state index contributed by atoms with van der Waals surface area (Å²) in [5.74, 6) is -0.256. The number of aliphatic hydroxyl groups excluding tert-OH is 1. The van der Waals surface area contributed by atoms with Crippen molar-refractivity contribution in [2.24, 2.45) is 16.7 Å². The van der Waals surface area contributed by atoms with Crippen LogP contribution >= 0.6 is 11.6 Å². The first-order valence-electron chi connectivity index (χ1n) is 5.82. The van der Waals surface area contributed by atoms with Gasteiger partial charge in [0.05, 0.1) is 6.10 Å². The maximum absolute atomic E-state index is 13.2. The summed E-state index contributed by atoms with van der Waals surface area (Å²) in [6.07, 6.45) is -0.705. The Morgan fingerprint density at radius 2 is 1.76 bits per heavy atom. The normalized spacial score (nSPS) is 23.5. The van der Waals surface area contributed by atoms with E-state index in [-0.39, 0.29) is 22.6 Å². The minimum Gasteiger partial charge on any atom is -0.388 e. The summed E-state index contributed by atoms with van der Waals surface area (Å²) >= 11 is 6.02. The fourth-order valence-electron chi connectivity index (χ4n) is 2.96.